The van der Waals surface area contributed by atoms with Crippen LogP contribution in [0.2, 0.25) is 10.0 Å². The van der Waals surface area contributed by atoms with Crippen LogP contribution in [0.25, 0.3) is 10.9 Å². The minimum atomic E-state index is -1.37. The Morgan fingerprint density at radius 1 is 0.920 bits per heavy atom. The Hall–Kier alpha value is -2.99. The molecule has 0 bridgehead atoms. The number of aryl methyl sites for hydroxylation is 1. The van der Waals surface area contributed by atoms with E-state index in [-0.39, 0.29) is 47.4 Å². The predicted octanol–water partition coefficient (Wildman–Crippen LogP) is 7.20. The molecule has 3 fully saturated rings. The third-order valence-corrected chi connectivity index (χ3v) is 11.0. The zero-order valence-electron chi connectivity index (χ0n) is 29.2. The molecule has 2 unspecified atom stereocenters. The second-order valence-electron chi connectivity index (χ2n) is 13.5. The summed E-state index contributed by atoms with van der Waals surface area (Å²) in [6.07, 6.45) is 7.46. The van der Waals surface area contributed by atoms with Gasteiger partial charge in [0.15, 0.2) is 5.78 Å². The number of halogens is 2. The summed E-state index contributed by atoms with van der Waals surface area (Å²) in [5.74, 6) is -2.13. The summed E-state index contributed by atoms with van der Waals surface area (Å²) in [5.41, 5.74) is 2.38. The summed E-state index contributed by atoms with van der Waals surface area (Å²) in [7, 11) is 1.90. The fourth-order valence-electron chi connectivity index (χ4n) is 7.92. The van der Waals surface area contributed by atoms with Crippen molar-refractivity contribution in [3.63, 3.8) is 0 Å². The number of aromatic nitrogens is 1. The number of benzene rings is 2. The van der Waals surface area contributed by atoms with Crippen molar-refractivity contribution >= 4 is 57.5 Å². The molecule has 1 aromatic heterocycles. The van der Waals surface area contributed by atoms with Crippen molar-refractivity contribution in [1.29, 1.82) is 0 Å². The number of Topliss-reactive ketones (excluding diaryl/α,β-unsaturated/α-hetero) is 1. The molecule has 0 spiro atoms. The van der Waals surface area contributed by atoms with Gasteiger partial charge >= 0.3 is 5.97 Å². The van der Waals surface area contributed by atoms with Gasteiger partial charge in [0.25, 0.3) is 5.91 Å². The number of ether oxygens (including phenoxy) is 3. The Morgan fingerprint density at radius 2 is 1.66 bits per heavy atom. The van der Waals surface area contributed by atoms with E-state index in [1.165, 1.54) is 0 Å². The van der Waals surface area contributed by atoms with Crippen molar-refractivity contribution in [1.82, 2.24) is 14.4 Å². The van der Waals surface area contributed by atoms with Gasteiger partial charge in [0.2, 0.25) is 5.85 Å². The lowest BCUT2D eigenvalue weighted by atomic mass is 9.87. The fourth-order valence-corrected chi connectivity index (χ4v) is 8.39. The molecule has 1 aliphatic carbocycles. The van der Waals surface area contributed by atoms with Crippen LogP contribution in [0, 0.1) is 5.92 Å². The first-order valence-corrected chi connectivity index (χ1v) is 18.8. The molecule has 3 aromatic rings. The topological polar surface area (TPSA) is 102 Å². The van der Waals surface area contributed by atoms with Gasteiger partial charge in [0.1, 0.15) is 6.23 Å². The number of rotatable bonds is 13. The summed E-state index contributed by atoms with van der Waals surface area (Å²) >= 11 is 13.7. The normalized spacial score (nSPS) is 22.9. The summed E-state index contributed by atoms with van der Waals surface area (Å²) in [5, 5.41) is 4.36. The average Bonchev–Trinajstić information content (AvgIpc) is 3.88. The molecule has 1 saturated carbocycles. The number of hydrogen-bond donors (Lipinski definition) is 1. The number of para-hydroxylation sites is 1. The molecule has 2 saturated heterocycles. The molecule has 6 rings (SSSR count). The number of hydrogen-bond acceptors (Lipinski definition) is 8. The molecule has 2 aliphatic heterocycles. The number of likely N-dealkylation sites (tertiary alicyclic amines) is 2. The van der Waals surface area contributed by atoms with Crippen molar-refractivity contribution in [2.24, 2.45) is 13.0 Å². The van der Waals surface area contributed by atoms with Gasteiger partial charge in [-0.3, -0.25) is 19.3 Å². The van der Waals surface area contributed by atoms with Crippen molar-refractivity contribution in [3.05, 3.63) is 63.8 Å². The number of anilines is 1. The standard InChI is InChI=1S/C38H48Cl2N4O6/c1-4-48-35-13-10-20-44(35)38(43-18-8-9-19-43,50-27-16-14-25(15-17-27)37(47)49-5-2)34(45)22-26-21-31(40)32(23-30(26)39)41-36(46)29-24-42(3)33-12-7-6-11-28(29)33/h6-7,11-12,21,23-25,27,35H,4-5,8-10,13-20,22H2,1-3H3,(H,41,46). The van der Waals surface area contributed by atoms with Gasteiger partial charge in [-0.15, -0.1) is 0 Å². The van der Waals surface area contributed by atoms with Crippen LogP contribution >= 0.6 is 23.2 Å². The first kappa shape index (κ1) is 36.8. The quantitative estimate of drug-likeness (QED) is 0.185. The fraction of sp³-hybridized carbons (Fsp3) is 0.553. The van der Waals surface area contributed by atoms with Crippen LogP contribution in [0.1, 0.15) is 81.1 Å². The van der Waals surface area contributed by atoms with E-state index >= 15 is 4.79 Å². The smallest absolute Gasteiger partial charge is 0.308 e. The van der Waals surface area contributed by atoms with Crippen LogP contribution < -0.4 is 5.32 Å². The molecular weight excluding hydrogens is 679 g/mol. The zero-order chi connectivity index (χ0) is 35.4. The van der Waals surface area contributed by atoms with Gasteiger partial charge < -0.3 is 24.1 Å². The molecular formula is C38H48Cl2N4O6. The van der Waals surface area contributed by atoms with Crippen LogP contribution in [-0.2, 0) is 37.3 Å². The lowest BCUT2D eigenvalue weighted by Gasteiger charge is -2.50. The molecule has 0 radical (unpaired) electrons. The maximum Gasteiger partial charge on any atom is 0.308 e. The van der Waals surface area contributed by atoms with Crippen LogP contribution in [0.3, 0.4) is 0 Å². The number of carbonyl (C=O) groups is 3. The molecule has 3 aliphatic rings. The second-order valence-corrected chi connectivity index (χ2v) is 14.4. The van der Waals surface area contributed by atoms with Gasteiger partial charge in [0, 0.05) is 61.8 Å². The van der Waals surface area contributed by atoms with Crippen LogP contribution in [-0.4, -0.2) is 83.1 Å². The van der Waals surface area contributed by atoms with Gasteiger partial charge in [0.05, 0.1) is 34.9 Å². The van der Waals surface area contributed by atoms with Crippen molar-refractivity contribution < 1.29 is 28.6 Å². The number of carbonyl (C=O) groups excluding carboxylic acids is 3. The number of nitrogens with zero attached hydrogens (tertiary/aromatic N) is 3. The van der Waals surface area contributed by atoms with E-state index in [9.17, 15) is 9.59 Å². The van der Waals surface area contributed by atoms with Crippen molar-refractivity contribution in [2.75, 3.05) is 38.2 Å². The highest BCUT2D eigenvalue weighted by atomic mass is 35.5. The van der Waals surface area contributed by atoms with Crippen molar-refractivity contribution in [2.45, 2.75) is 89.8 Å². The van der Waals surface area contributed by atoms with E-state index in [1.54, 1.807) is 18.3 Å². The summed E-state index contributed by atoms with van der Waals surface area (Å²) in [6, 6.07) is 11.0. The molecule has 12 heteroatoms. The SMILES string of the molecule is CCOC(=O)C1CCC(OC(C(=O)Cc2cc(Cl)c(NC(=O)c3cn(C)c4ccccc34)cc2Cl)(N2CCCC2)N2CCCC2OCC)CC1. The van der Waals surface area contributed by atoms with E-state index < -0.39 is 5.85 Å². The van der Waals surface area contributed by atoms with E-state index in [1.807, 2.05) is 49.7 Å². The minimum Gasteiger partial charge on any atom is -0.466 e. The largest absolute Gasteiger partial charge is 0.466 e. The first-order chi connectivity index (χ1) is 24.2. The first-order valence-electron chi connectivity index (χ1n) is 18.0. The lowest BCUT2D eigenvalue weighted by Crippen LogP contribution is -2.69. The predicted molar refractivity (Wildman–Crippen MR) is 194 cm³/mol. The van der Waals surface area contributed by atoms with Crippen LogP contribution in [0.4, 0.5) is 5.69 Å². The van der Waals surface area contributed by atoms with Gasteiger partial charge in [-0.1, -0.05) is 41.4 Å². The van der Waals surface area contributed by atoms with Crippen LogP contribution in [0.15, 0.2) is 42.6 Å². The lowest BCUT2D eigenvalue weighted by molar-refractivity contribution is -0.278. The molecule has 10 nitrogen and oxygen atoms in total. The maximum absolute atomic E-state index is 15.0. The monoisotopic (exact) mass is 726 g/mol. The molecule has 1 amide bonds. The highest BCUT2D eigenvalue weighted by molar-refractivity contribution is 6.36. The third kappa shape index (κ3) is 7.47. The van der Waals surface area contributed by atoms with E-state index in [0.29, 0.717) is 80.4 Å². The summed E-state index contributed by atoms with van der Waals surface area (Å²) < 4.78 is 20.5. The Kier molecular flexibility index (Phi) is 11.9. The average molecular weight is 728 g/mol. The Labute approximate surface area is 304 Å². The van der Waals surface area contributed by atoms with Crippen molar-refractivity contribution in [3.8, 4) is 0 Å². The molecule has 1 N–H and O–H groups in total. The van der Waals surface area contributed by atoms with E-state index in [4.69, 9.17) is 37.4 Å². The summed E-state index contributed by atoms with van der Waals surface area (Å²) in [6.45, 7) is 6.75. The number of amides is 1. The van der Waals surface area contributed by atoms with E-state index in [0.717, 1.165) is 36.6 Å². The van der Waals surface area contributed by atoms with Crippen LogP contribution in [0.5, 0.6) is 0 Å². The summed E-state index contributed by atoms with van der Waals surface area (Å²) in [4.78, 5) is 45.2. The van der Waals surface area contributed by atoms with Gasteiger partial charge in [-0.2, -0.15) is 0 Å². The highest BCUT2D eigenvalue weighted by Crippen LogP contribution is 2.40. The maximum atomic E-state index is 15.0. The van der Waals surface area contributed by atoms with Gasteiger partial charge in [-0.05, 0) is 89.0 Å². The number of nitrogens with one attached hydrogen (secondary N) is 1. The third-order valence-electron chi connectivity index (χ3n) is 10.3. The number of esters is 1. The molecule has 2 aromatic carbocycles. The Bertz CT molecular complexity index is 1700. The van der Waals surface area contributed by atoms with E-state index in [2.05, 4.69) is 15.1 Å². The number of fused-ring (bicyclic) bond motifs is 1. The number of ketones is 1. The molecule has 50 heavy (non-hydrogen) atoms. The molecule has 270 valence electrons. The van der Waals surface area contributed by atoms with Gasteiger partial charge in [-0.25, -0.2) is 4.90 Å². The molecule has 2 atom stereocenters. The second kappa shape index (κ2) is 16.1. The minimum absolute atomic E-state index is 0.0277. The highest BCUT2D eigenvalue weighted by Gasteiger charge is 2.56. The Morgan fingerprint density at radius 3 is 2.38 bits per heavy atom. The zero-order valence-corrected chi connectivity index (χ0v) is 30.7. The molecule has 3 heterocycles. The Balaban J connectivity index is 1.28.